The smallest absolute Gasteiger partial charge is 0.338 e. The minimum absolute atomic E-state index is 0.159. The number of nitrogens with zero attached hydrogens (tertiary/aromatic N) is 3. The summed E-state index contributed by atoms with van der Waals surface area (Å²) in [6.45, 7) is 0. The first-order chi connectivity index (χ1) is 13.9. The van der Waals surface area contributed by atoms with Crippen molar-refractivity contribution in [1.82, 2.24) is 14.6 Å². The van der Waals surface area contributed by atoms with Gasteiger partial charge >= 0.3 is 11.9 Å². The molecule has 2 aromatic carbocycles. The molecule has 0 radical (unpaired) electrons. The lowest BCUT2D eigenvalue weighted by atomic mass is 10.0. The van der Waals surface area contributed by atoms with Gasteiger partial charge in [0.15, 0.2) is 5.65 Å². The van der Waals surface area contributed by atoms with Gasteiger partial charge in [0, 0.05) is 17.4 Å². The molecule has 0 unspecified atom stereocenters. The van der Waals surface area contributed by atoms with Crippen LogP contribution in [-0.2, 0) is 0 Å². The normalized spacial score (nSPS) is 10.8. The lowest BCUT2D eigenvalue weighted by molar-refractivity contribution is 0.0683. The lowest BCUT2D eigenvalue weighted by Crippen LogP contribution is -2.01. The van der Waals surface area contributed by atoms with Crippen LogP contribution < -0.4 is 5.32 Å². The van der Waals surface area contributed by atoms with Crippen LogP contribution in [0.1, 0.15) is 20.7 Å². The van der Waals surface area contributed by atoms with Gasteiger partial charge in [0.25, 0.3) is 0 Å². The molecular formula is C20H13FN4O4. The van der Waals surface area contributed by atoms with Crippen molar-refractivity contribution in [3.05, 3.63) is 77.7 Å². The van der Waals surface area contributed by atoms with Crippen molar-refractivity contribution in [2.45, 2.75) is 0 Å². The standard InChI is InChI=1S/C20H13FN4O4/c21-16-8-5-12(10-15(16)19(28)29)14-2-1-9-25-17(14)23-20(24-25)22-13-6-3-11(4-7-13)18(26)27/h1-10H,(H,22,24)(H,26,27)(H,28,29). The minimum atomic E-state index is -1.36. The molecule has 0 atom stereocenters. The summed E-state index contributed by atoms with van der Waals surface area (Å²) in [6.07, 6.45) is 1.67. The second kappa shape index (κ2) is 7.04. The van der Waals surface area contributed by atoms with E-state index in [0.717, 1.165) is 6.07 Å². The molecule has 0 fully saturated rings. The molecule has 2 heterocycles. The number of halogens is 1. The zero-order chi connectivity index (χ0) is 20.5. The minimum Gasteiger partial charge on any atom is -0.478 e. The summed E-state index contributed by atoms with van der Waals surface area (Å²) in [6, 6.07) is 13.4. The number of fused-ring (bicyclic) bond motifs is 1. The molecule has 29 heavy (non-hydrogen) atoms. The number of benzene rings is 2. The van der Waals surface area contributed by atoms with Crippen LogP contribution in [0.25, 0.3) is 16.8 Å². The fourth-order valence-corrected chi connectivity index (χ4v) is 2.87. The highest BCUT2D eigenvalue weighted by atomic mass is 19.1. The summed E-state index contributed by atoms with van der Waals surface area (Å²) in [5, 5.41) is 25.4. The van der Waals surface area contributed by atoms with E-state index in [0.29, 0.717) is 22.5 Å². The van der Waals surface area contributed by atoms with Gasteiger partial charge in [-0.15, -0.1) is 5.10 Å². The van der Waals surface area contributed by atoms with Gasteiger partial charge in [-0.2, -0.15) is 4.98 Å². The maximum Gasteiger partial charge on any atom is 0.338 e. The van der Waals surface area contributed by atoms with Crippen LogP contribution in [0.15, 0.2) is 60.8 Å². The predicted molar refractivity (Wildman–Crippen MR) is 102 cm³/mol. The molecule has 0 spiro atoms. The van der Waals surface area contributed by atoms with Crippen LogP contribution in [0.4, 0.5) is 16.0 Å². The van der Waals surface area contributed by atoms with Crippen molar-refractivity contribution < 1.29 is 24.2 Å². The highest BCUT2D eigenvalue weighted by Gasteiger charge is 2.15. The molecule has 9 heteroatoms. The van der Waals surface area contributed by atoms with Gasteiger partial charge in [0.05, 0.1) is 11.1 Å². The third-order valence-electron chi connectivity index (χ3n) is 4.26. The number of carbonyl (C=O) groups is 2. The molecule has 2 aromatic heterocycles. The number of pyridine rings is 1. The van der Waals surface area contributed by atoms with Gasteiger partial charge in [-0.05, 0) is 54.1 Å². The van der Waals surface area contributed by atoms with Gasteiger partial charge in [-0.1, -0.05) is 6.07 Å². The van der Waals surface area contributed by atoms with E-state index in [4.69, 9.17) is 10.2 Å². The molecular weight excluding hydrogens is 379 g/mol. The molecule has 4 rings (SSSR count). The Kier molecular flexibility index (Phi) is 4.40. The number of carboxylic acids is 2. The first-order valence-electron chi connectivity index (χ1n) is 8.41. The summed E-state index contributed by atoms with van der Waals surface area (Å²) in [5.74, 6) is -2.93. The van der Waals surface area contributed by atoms with Crippen LogP contribution in [-0.4, -0.2) is 36.7 Å². The van der Waals surface area contributed by atoms with E-state index in [9.17, 15) is 14.0 Å². The first-order valence-corrected chi connectivity index (χ1v) is 8.41. The van der Waals surface area contributed by atoms with E-state index < -0.39 is 23.3 Å². The van der Waals surface area contributed by atoms with E-state index in [2.05, 4.69) is 15.4 Å². The van der Waals surface area contributed by atoms with Crippen LogP contribution in [0.5, 0.6) is 0 Å². The number of anilines is 2. The van der Waals surface area contributed by atoms with Crippen LogP contribution in [0.3, 0.4) is 0 Å². The molecule has 0 aliphatic heterocycles. The van der Waals surface area contributed by atoms with Gasteiger partial charge in [-0.3, -0.25) is 0 Å². The Bertz CT molecular complexity index is 1250. The molecule has 0 bridgehead atoms. The Morgan fingerprint density at radius 3 is 2.45 bits per heavy atom. The van der Waals surface area contributed by atoms with Gasteiger partial charge in [0.1, 0.15) is 5.82 Å². The average molecular weight is 392 g/mol. The molecule has 0 aliphatic rings. The summed E-state index contributed by atoms with van der Waals surface area (Å²) in [4.78, 5) is 26.6. The third-order valence-corrected chi connectivity index (χ3v) is 4.26. The van der Waals surface area contributed by atoms with E-state index in [1.54, 1.807) is 30.5 Å². The number of nitrogens with one attached hydrogen (secondary N) is 1. The van der Waals surface area contributed by atoms with Crippen molar-refractivity contribution >= 4 is 29.2 Å². The van der Waals surface area contributed by atoms with Crippen molar-refractivity contribution in [1.29, 1.82) is 0 Å². The highest BCUT2D eigenvalue weighted by Crippen LogP contribution is 2.27. The maximum atomic E-state index is 13.7. The Morgan fingerprint density at radius 1 is 1.00 bits per heavy atom. The molecule has 0 saturated carbocycles. The SMILES string of the molecule is O=C(O)c1ccc(Nc2nc3c(-c4ccc(F)c(C(=O)O)c4)cccn3n2)cc1. The largest absolute Gasteiger partial charge is 0.478 e. The number of rotatable bonds is 5. The number of hydrogen-bond donors (Lipinski definition) is 3. The van der Waals surface area contributed by atoms with E-state index in [-0.39, 0.29) is 11.5 Å². The first kappa shape index (κ1) is 18.1. The third kappa shape index (κ3) is 3.48. The van der Waals surface area contributed by atoms with Gasteiger partial charge in [0.2, 0.25) is 5.95 Å². The zero-order valence-corrected chi connectivity index (χ0v) is 14.7. The van der Waals surface area contributed by atoms with Gasteiger partial charge in [-0.25, -0.2) is 18.5 Å². The van der Waals surface area contributed by atoms with Crippen molar-refractivity contribution in [2.75, 3.05) is 5.32 Å². The highest BCUT2D eigenvalue weighted by molar-refractivity contribution is 5.91. The Balaban J connectivity index is 1.71. The maximum absolute atomic E-state index is 13.7. The molecule has 8 nitrogen and oxygen atoms in total. The predicted octanol–water partition coefficient (Wildman–Crippen LogP) is 3.68. The van der Waals surface area contributed by atoms with Crippen molar-refractivity contribution in [3.63, 3.8) is 0 Å². The Hall–Kier alpha value is -4.27. The molecule has 0 aliphatic carbocycles. The Morgan fingerprint density at radius 2 is 1.76 bits per heavy atom. The van der Waals surface area contributed by atoms with E-state index in [1.165, 1.54) is 28.8 Å². The second-order valence-corrected chi connectivity index (χ2v) is 6.13. The summed E-state index contributed by atoms with van der Waals surface area (Å²) >= 11 is 0. The fraction of sp³-hybridized carbons (Fsp3) is 0. The number of aromatic carboxylic acids is 2. The van der Waals surface area contributed by atoms with Crippen LogP contribution in [0, 0.1) is 5.82 Å². The average Bonchev–Trinajstić information content (AvgIpc) is 3.11. The summed E-state index contributed by atoms with van der Waals surface area (Å²) < 4.78 is 15.2. The van der Waals surface area contributed by atoms with Gasteiger partial charge < -0.3 is 15.5 Å². The summed E-state index contributed by atoms with van der Waals surface area (Å²) in [5.41, 5.74) is 1.84. The molecule has 0 amide bonds. The molecule has 3 N–H and O–H groups in total. The number of aromatic nitrogens is 3. The van der Waals surface area contributed by atoms with Crippen LogP contribution >= 0.6 is 0 Å². The fourth-order valence-electron chi connectivity index (χ4n) is 2.87. The van der Waals surface area contributed by atoms with Crippen LogP contribution in [0.2, 0.25) is 0 Å². The number of carboxylic acid groups (broad SMARTS) is 2. The number of hydrogen-bond acceptors (Lipinski definition) is 5. The van der Waals surface area contributed by atoms with Crippen molar-refractivity contribution in [3.8, 4) is 11.1 Å². The topological polar surface area (TPSA) is 117 Å². The zero-order valence-electron chi connectivity index (χ0n) is 14.7. The Labute approximate surface area is 162 Å². The van der Waals surface area contributed by atoms with E-state index in [1.807, 2.05) is 0 Å². The monoisotopic (exact) mass is 392 g/mol. The lowest BCUT2D eigenvalue weighted by Gasteiger charge is -2.05. The quantitative estimate of drug-likeness (QED) is 0.474. The second-order valence-electron chi connectivity index (χ2n) is 6.13. The molecule has 0 saturated heterocycles. The molecule has 144 valence electrons. The van der Waals surface area contributed by atoms with Crippen molar-refractivity contribution in [2.24, 2.45) is 0 Å². The summed E-state index contributed by atoms with van der Waals surface area (Å²) in [7, 11) is 0. The van der Waals surface area contributed by atoms with E-state index >= 15 is 0 Å². The molecule has 4 aromatic rings.